The smallest absolute Gasteiger partial charge is 0.290 e. The van der Waals surface area contributed by atoms with Crippen LogP contribution >= 0.6 is 12.2 Å². The van der Waals surface area contributed by atoms with E-state index in [-0.39, 0.29) is 11.6 Å². The lowest BCUT2D eigenvalue weighted by atomic mass is 10.4. The topological polar surface area (TPSA) is 79.4 Å². The van der Waals surface area contributed by atoms with Crippen LogP contribution < -0.4 is 15.5 Å². The molecule has 17 heavy (non-hydrogen) atoms. The van der Waals surface area contributed by atoms with E-state index in [1.165, 1.54) is 24.5 Å². The van der Waals surface area contributed by atoms with Crippen LogP contribution in [0, 0.1) is 0 Å². The molecule has 0 aromatic carbocycles. The Bertz CT molecular complexity index is 426. The second kappa shape index (κ2) is 5.94. The Hall–Kier alpha value is -1.96. The minimum atomic E-state index is -0.420. The number of carbonyl (C=O) groups is 1. The van der Waals surface area contributed by atoms with Crippen molar-refractivity contribution in [2.45, 2.75) is 0 Å². The van der Waals surface area contributed by atoms with Crippen LogP contribution in [0.3, 0.4) is 0 Å². The fourth-order valence-electron chi connectivity index (χ4n) is 0.984. The lowest BCUT2D eigenvalue weighted by Crippen LogP contribution is -2.47. The summed E-state index contributed by atoms with van der Waals surface area (Å²) < 4.78 is 4.87. The molecule has 0 unspecified atom stereocenters. The summed E-state index contributed by atoms with van der Waals surface area (Å²) in [5.41, 5.74) is 2.68. The number of carbonyl (C=O) groups excluding carboxylic acids is 1. The second-order valence-electron chi connectivity index (χ2n) is 3.00. The van der Waals surface area contributed by atoms with E-state index in [0.717, 1.165) is 0 Å². The van der Waals surface area contributed by atoms with Gasteiger partial charge in [-0.25, -0.2) is 4.98 Å². The quantitative estimate of drug-likeness (QED) is 0.548. The van der Waals surface area contributed by atoms with Gasteiger partial charge >= 0.3 is 0 Å². The van der Waals surface area contributed by atoms with Gasteiger partial charge in [0.25, 0.3) is 5.91 Å². The van der Waals surface area contributed by atoms with Gasteiger partial charge in [0.1, 0.15) is 0 Å². The fraction of sp³-hybridized carbons (Fsp3) is 0.333. The number of hydrogen-bond acceptors (Lipinski definition) is 5. The highest BCUT2D eigenvalue weighted by molar-refractivity contribution is 7.80. The third-order valence-electron chi connectivity index (χ3n) is 1.84. The first kappa shape index (κ1) is 13.1. The van der Waals surface area contributed by atoms with Gasteiger partial charge in [-0.15, -0.1) is 0 Å². The zero-order valence-corrected chi connectivity index (χ0v) is 10.5. The molecule has 0 aliphatic carbocycles. The summed E-state index contributed by atoms with van der Waals surface area (Å²) in [6, 6.07) is 0. The zero-order chi connectivity index (χ0) is 12.8. The van der Waals surface area contributed by atoms with E-state index >= 15 is 0 Å². The summed E-state index contributed by atoms with van der Waals surface area (Å²) in [5, 5.41) is 4.48. The van der Waals surface area contributed by atoms with Crippen molar-refractivity contribution < 1.29 is 9.53 Å². The van der Waals surface area contributed by atoms with E-state index in [0.29, 0.717) is 5.11 Å². The first-order chi connectivity index (χ1) is 8.08. The minimum Gasteiger partial charge on any atom is -0.480 e. The van der Waals surface area contributed by atoms with Crippen molar-refractivity contribution in [3.63, 3.8) is 0 Å². The van der Waals surface area contributed by atoms with Gasteiger partial charge in [-0.05, 0) is 12.2 Å². The number of methoxy groups -OCH3 is 1. The molecule has 92 valence electrons. The maximum Gasteiger partial charge on any atom is 0.290 e. The maximum absolute atomic E-state index is 11.7. The molecule has 0 bridgehead atoms. The molecule has 0 atom stereocenters. The van der Waals surface area contributed by atoms with E-state index in [4.69, 9.17) is 17.0 Å². The normalized spacial score (nSPS) is 9.35. The molecule has 0 spiro atoms. The van der Waals surface area contributed by atoms with Crippen molar-refractivity contribution in [3.8, 4) is 5.88 Å². The molecule has 0 saturated heterocycles. The molecule has 1 aromatic heterocycles. The fourth-order valence-corrected chi connectivity index (χ4v) is 1.03. The predicted molar refractivity (Wildman–Crippen MR) is 65.5 cm³/mol. The maximum atomic E-state index is 11.7. The van der Waals surface area contributed by atoms with E-state index < -0.39 is 5.91 Å². The van der Waals surface area contributed by atoms with Crippen molar-refractivity contribution in [2.75, 3.05) is 21.2 Å². The molecule has 0 saturated carbocycles. The standard InChI is InChI=1S/C9H13N5O2S/c1-10-9(17)14(2)13-8(15)6-4-11-5-7(12-6)16-3/h4-5H,1-3H3,(H,10,17)(H,13,15). The molecule has 1 aromatic rings. The molecule has 0 aliphatic heterocycles. The number of nitrogens with zero attached hydrogens (tertiary/aromatic N) is 3. The summed E-state index contributed by atoms with van der Waals surface area (Å²) in [5.74, 6) is -0.145. The number of hydrazine groups is 1. The third kappa shape index (κ3) is 3.52. The number of thiocarbonyl (C=S) groups is 1. The number of nitrogens with one attached hydrogen (secondary N) is 2. The average molecular weight is 255 g/mol. The monoisotopic (exact) mass is 255 g/mol. The first-order valence-electron chi connectivity index (χ1n) is 4.71. The van der Waals surface area contributed by atoms with Gasteiger partial charge in [0.15, 0.2) is 10.8 Å². The SMILES string of the molecule is CNC(=S)N(C)NC(=O)c1cncc(OC)n1. The minimum absolute atomic E-state index is 0.148. The van der Waals surface area contributed by atoms with Gasteiger partial charge in [-0.1, -0.05) is 0 Å². The highest BCUT2D eigenvalue weighted by atomic mass is 32.1. The average Bonchev–Trinajstić information content (AvgIpc) is 2.37. The van der Waals surface area contributed by atoms with Crippen molar-refractivity contribution in [1.82, 2.24) is 25.7 Å². The van der Waals surface area contributed by atoms with Crippen LogP contribution in [0.1, 0.15) is 10.5 Å². The molecule has 1 amide bonds. The molecule has 0 radical (unpaired) electrons. The predicted octanol–water partition coefficient (Wildman–Crippen LogP) is -0.434. The van der Waals surface area contributed by atoms with Gasteiger partial charge in [-0.2, -0.15) is 0 Å². The molecule has 1 rings (SSSR count). The van der Waals surface area contributed by atoms with Gasteiger partial charge in [-0.3, -0.25) is 20.2 Å². The largest absolute Gasteiger partial charge is 0.480 e. The van der Waals surface area contributed by atoms with Gasteiger partial charge in [0.05, 0.1) is 19.5 Å². The van der Waals surface area contributed by atoms with Gasteiger partial charge in [0, 0.05) is 14.1 Å². The van der Waals surface area contributed by atoms with Crippen LogP contribution in [0.25, 0.3) is 0 Å². The lowest BCUT2D eigenvalue weighted by Gasteiger charge is -2.19. The summed E-state index contributed by atoms with van der Waals surface area (Å²) in [6.45, 7) is 0. The molecule has 2 N–H and O–H groups in total. The van der Waals surface area contributed by atoms with Crippen LogP contribution in [0.5, 0.6) is 5.88 Å². The van der Waals surface area contributed by atoms with Gasteiger partial charge in [0.2, 0.25) is 5.88 Å². The Morgan fingerprint density at radius 2 is 2.24 bits per heavy atom. The van der Waals surface area contributed by atoms with Crippen molar-refractivity contribution in [1.29, 1.82) is 0 Å². The van der Waals surface area contributed by atoms with Crippen LogP contribution in [0.2, 0.25) is 0 Å². The molecule has 1 heterocycles. The molecular formula is C9H13N5O2S. The summed E-state index contributed by atoms with van der Waals surface area (Å²) in [4.78, 5) is 19.5. The summed E-state index contributed by atoms with van der Waals surface area (Å²) >= 11 is 4.93. The number of ether oxygens (including phenoxy) is 1. The van der Waals surface area contributed by atoms with Crippen LogP contribution in [0.15, 0.2) is 12.4 Å². The Balaban J connectivity index is 2.72. The number of amides is 1. The van der Waals surface area contributed by atoms with Crippen LogP contribution in [-0.4, -0.2) is 47.2 Å². The van der Waals surface area contributed by atoms with Crippen molar-refractivity contribution in [3.05, 3.63) is 18.1 Å². The van der Waals surface area contributed by atoms with E-state index in [1.54, 1.807) is 14.1 Å². The van der Waals surface area contributed by atoms with E-state index in [2.05, 4.69) is 20.7 Å². The van der Waals surface area contributed by atoms with Crippen molar-refractivity contribution >= 4 is 23.2 Å². The third-order valence-corrected chi connectivity index (χ3v) is 2.32. The number of rotatable bonds is 2. The molecule has 8 heteroatoms. The zero-order valence-electron chi connectivity index (χ0n) is 9.72. The molecule has 0 fully saturated rings. The van der Waals surface area contributed by atoms with Crippen molar-refractivity contribution in [2.24, 2.45) is 0 Å². The summed E-state index contributed by atoms with van der Waals surface area (Å²) in [7, 11) is 4.73. The first-order valence-corrected chi connectivity index (χ1v) is 5.11. The second-order valence-corrected chi connectivity index (χ2v) is 3.39. The van der Waals surface area contributed by atoms with E-state index in [1.807, 2.05) is 0 Å². The highest BCUT2D eigenvalue weighted by Gasteiger charge is 2.12. The van der Waals surface area contributed by atoms with Gasteiger partial charge < -0.3 is 10.1 Å². The Morgan fingerprint density at radius 3 is 2.82 bits per heavy atom. The molecule has 0 aliphatic rings. The Morgan fingerprint density at radius 1 is 1.53 bits per heavy atom. The number of aromatic nitrogens is 2. The molecule has 7 nitrogen and oxygen atoms in total. The Labute approximate surface area is 104 Å². The number of hydrogen-bond donors (Lipinski definition) is 2. The summed E-state index contributed by atoms with van der Waals surface area (Å²) in [6.07, 6.45) is 2.76. The Kier molecular flexibility index (Phi) is 4.58. The molecular weight excluding hydrogens is 242 g/mol. The van der Waals surface area contributed by atoms with Crippen LogP contribution in [-0.2, 0) is 0 Å². The van der Waals surface area contributed by atoms with Crippen LogP contribution in [0.4, 0.5) is 0 Å². The highest BCUT2D eigenvalue weighted by Crippen LogP contribution is 2.03. The van der Waals surface area contributed by atoms with E-state index in [9.17, 15) is 4.79 Å². The lowest BCUT2D eigenvalue weighted by molar-refractivity contribution is 0.0880.